The van der Waals surface area contributed by atoms with E-state index in [9.17, 15) is 13.2 Å². The van der Waals surface area contributed by atoms with E-state index in [1.807, 2.05) is 11.9 Å². The topological polar surface area (TPSA) is 38.5 Å². The number of unbranched alkanes of at least 4 members (excludes halogenated alkanes) is 2. The Kier molecular flexibility index (Phi) is 8.60. The molecular formula is C10H21F3N2O. The minimum atomic E-state index is -4.22. The first kappa shape index (κ1) is 15.7. The predicted molar refractivity (Wildman–Crippen MR) is 57.3 cm³/mol. The van der Waals surface area contributed by atoms with E-state index in [0.29, 0.717) is 13.1 Å². The Hall–Kier alpha value is -0.330. The summed E-state index contributed by atoms with van der Waals surface area (Å²) in [5.74, 6) is 0. The van der Waals surface area contributed by atoms with Gasteiger partial charge in [-0.3, -0.25) is 0 Å². The number of nitrogens with zero attached hydrogens (tertiary/aromatic N) is 1. The molecule has 0 rings (SSSR count). The van der Waals surface area contributed by atoms with Crippen molar-refractivity contribution in [2.45, 2.75) is 25.4 Å². The Labute approximate surface area is 94.7 Å². The van der Waals surface area contributed by atoms with Crippen LogP contribution in [-0.4, -0.2) is 51.0 Å². The summed E-state index contributed by atoms with van der Waals surface area (Å²) in [5, 5.41) is 0. The van der Waals surface area contributed by atoms with Crippen LogP contribution >= 0.6 is 0 Å². The highest BCUT2D eigenvalue weighted by Gasteiger charge is 2.27. The normalized spacial score (nSPS) is 12.4. The fourth-order valence-corrected chi connectivity index (χ4v) is 1.22. The number of ether oxygens (including phenoxy) is 1. The van der Waals surface area contributed by atoms with E-state index in [0.717, 1.165) is 25.8 Å². The average Bonchev–Trinajstić information content (AvgIpc) is 2.18. The number of hydrogen-bond donors (Lipinski definition) is 1. The maximum absolute atomic E-state index is 11.7. The average molecular weight is 242 g/mol. The molecule has 0 aromatic heterocycles. The molecule has 0 radical (unpaired) electrons. The molecule has 0 fully saturated rings. The van der Waals surface area contributed by atoms with Gasteiger partial charge in [-0.25, -0.2) is 0 Å². The summed E-state index contributed by atoms with van der Waals surface area (Å²) in [4.78, 5) is 1.97. The summed E-state index contributed by atoms with van der Waals surface area (Å²) in [6.45, 7) is 1.05. The Bertz CT molecular complexity index is 165. The minimum absolute atomic E-state index is 0.118. The van der Waals surface area contributed by atoms with E-state index < -0.39 is 12.8 Å². The molecule has 0 aliphatic heterocycles. The van der Waals surface area contributed by atoms with Gasteiger partial charge in [0.15, 0.2) is 0 Å². The van der Waals surface area contributed by atoms with Crippen LogP contribution in [0.2, 0.25) is 0 Å². The molecule has 0 atom stereocenters. The zero-order chi connectivity index (χ0) is 12.4. The van der Waals surface area contributed by atoms with E-state index in [-0.39, 0.29) is 6.61 Å². The fourth-order valence-electron chi connectivity index (χ4n) is 1.22. The lowest BCUT2D eigenvalue weighted by molar-refractivity contribution is -0.174. The largest absolute Gasteiger partial charge is 0.411 e. The van der Waals surface area contributed by atoms with Gasteiger partial charge in [-0.15, -0.1) is 0 Å². The molecular weight excluding hydrogens is 221 g/mol. The Morgan fingerprint density at radius 2 is 1.81 bits per heavy atom. The molecule has 3 nitrogen and oxygen atoms in total. The van der Waals surface area contributed by atoms with Crippen molar-refractivity contribution in [3.05, 3.63) is 0 Å². The molecule has 0 aromatic rings. The van der Waals surface area contributed by atoms with Crippen molar-refractivity contribution in [3.63, 3.8) is 0 Å². The molecule has 0 heterocycles. The second kappa shape index (κ2) is 8.78. The second-order valence-corrected chi connectivity index (χ2v) is 3.82. The molecule has 6 heteroatoms. The van der Waals surface area contributed by atoms with Gasteiger partial charge in [-0.05, 0) is 33.0 Å². The number of halogens is 3. The molecule has 0 aromatic carbocycles. The summed E-state index contributed by atoms with van der Waals surface area (Å²) in [6.07, 6.45) is -1.14. The van der Waals surface area contributed by atoms with Gasteiger partial charge in [0.1, 0.15) is 6.61 Å². The first-order valence-electron chi connectivity index (χ1n) is 5.49. The van der Waals surface area contributed by atoms with Gasteiger partial charge in [0.25, 0.3) is 0 Å². The molecule has 98 valence electrons. The fraction of sp³-hybridized carbons (Fsp3) is 1.00. The highest BCUT2D eigenvalue weighted by atomic mass is 19.4. The van der Waals surface area contributed by atoms with Crippen LogP contribution in [0.25, 0.3) is 0 Å². The zero-order valence-corrected chi connectivity index (χ0v) is 9.72. The van der Waals surface area contributed by atoms with Crippen molar-refractivity contribution >= 4 is 0 Å². The van der Waals surface area contributed by atoms with Crippen LogP contribution in [0.3, 0.4) is 0 Å². The molecule has 0 aliphatic rings. The van der Waals surface area contributed by atoms with Crippen molar-refractivity contribution in [2.24, 2.45) is 5.73 Å². The molecule has 0 spiro atoms. The molecule has 0 bridgehead atoms. The number of nitrogens with two attached hydrogens (primary N) is 1. The van der Waals surface area contributed by atoms with Gasteiger partial charge in [-0.2, -0.15) is 13.2 Å². The lowest BCUT2D eigenvalue weighted by Gasteiger charge is -2.16. The van der Waals surface area contributed by atoms with Gasteiger partial charge in [0.2, 0.25) is 0 Å². The number of likely N-dealkylation sites (N-methyl/N-ethyl adjacent to an activating group) is 1. The molecule has 0 aliphatic carbocycles. The van der Waals surface area contributed by atoms with Crippen molar-refractivity contribution in [1.29, 1.82) is 0 Å². The molecule has 0 saturated carbocycles. The van der Waals surface area contributed by atoms with Gasteiger partial charge in [0, 0.05) is 6.54 Å². The third-order valence-electron chi connectivity index (χ3n) is 2.13. The maximum atomic E-state index is 11.7. The second-order valence-electron chi connectivity index (χ2n) is 3.82. The Morgan fingerprint density at radius 1 is 1.12 bits per heavy atom. The van der Waals surface area contributed by atoms with Gasteiger partial charge >= 0.3 is 6.18 Å². The van der Waals surface area contributed by atoms with E-state index in [1.54, 1.807) is 0 Å². The van der Waals surface area contributed by atoms with Crippen molar-refractivity contribution in [1.82, 2.24) is 4.90 Å². The van der Waals surface area contributed by atoms with E-state index in [2.05, 4.69) is 4.74 Å². The third kappa shape index (κ3) is 11.7. The first-order valence-corrected chi connectivity index (χ1v) is 5.49. The van der Waals surface area contributed by atoms with Crippen LogP contribution in [-0.2, 0) is 4.74 Å². The Balaban J connectivity index is 3.27. The number of alkyl halides is 3. The molecule has 0 unspecified atom stereocenters. The van der Waals surface area contributed by atoms with Crippen molar-refractivity contribution in [3.8, 4) is 0 Å². The quantitative estimate of drug-likeness (QED) is 0.624. The first-order chi connectivity index (χ1) is 7.45. The molecule has 16 heavy (non-hydrogen) atoms. The Morgan fingerprint density at radius 3 is 2.38 bits per heavy atom. The van der Waals surface area contributed by atoms with Crippen LogP contribution < -0.4 is 5.73 Å². The number of rotatable bonds is 9. The lowest BCUT2D eigenvalue weighted by atomic mass is 10.2. The standard InChI is InChI=1S/C10H21F3N2O/c1-15(6-4-2-3-5-14)7-8-16-9-10(11,12)13/h2-9,14H2,1H3. The molecule has 2 N–H and O–H groups in total. The summed E-state index contributed by atoms with van der Waals surface area (Å²) in [7, 11) is 1.87. The summed E-state index contributed by atoms with van der Waals surface area (Å²) >= 11 is 0. The highest BCUT2D eigenvalue weighted by molar-refractivity contribution is 4.53. The van der Waals surface area contributed by atoms with E-state index in [4.69, 9.17) is 5.73 Å². The van der Waals surface area contributed by atoms with Crippen LogP contribution in [0.1, 0.15) is 19.3 Å². The predicted octanol–water partition coefficient (Wildman–Crippen LogP) is 1.63. The summed E-state index contributed by atoms with van der Waals surface area (Å²) in [5.41, 5.74) is 5.34. The van der Waals surface area contributed by atoms with Gasteiger partial charge in [-0.1, -0.05) is 6.42 Å². The van der Waals surface area contributed by atoms with E-state index in [1.165, 1.54) is 0 Å². The third-order valence-corrected chi connectivity index (χ3v) is 2.13. The summed E-state index contributed by atoms with van der Waals surface area (Å²) in [6, 6.07) is 0. The molecule has 0 saturated heterocycles. The van der Waals surface area contributed by atoms with Crippen LogP contribution in [0, 0.1) is 0 Å². The highest BCUT2D eigenvalue weighted by Crippen LogP contribution is 2.14. The SMILES string of the molecule is CN(CCCCCN)CCOCC(F)(F)F. The smallest absolute Gasteiger partial charge is 0.371 e. The zero-order valence-electron chi connectivity index (χ0n) is 9.72. The van der Waals surface area contributed by atoms with Crippen molar-refractivity contribution in [2.75, 3.05) is 39.9 Å². The monoisotopic (exact) mass is 242 g/mol. The van der Waals surface area contributed by atoms with Crippen LogP contribution in [0.5, 0.6) is 0 Å². The lowest BCUT2D eigenvalue weighted by Crippen LogP contribution is -2.26. The van der Waals surface area contributed by atoms with E-state index >= 15 is 0 Å². The summed E-state index contributed by atoms with van der Waals surface area (Å²) < 4.78 is 39.7. The van der Waals surface area contributed by atoms with Crippen LogP contribution in [0.4, 0.5) is 13.2 Å². The minimum Gasteiger partial charge on any atom is -0.371 e. The maximum Gasteiger partial charge on any atom is 0.411 e. The van der Waals surface area contributed by atoms with Crippen molar-refractivity contribution < 1.29 is 17.9 Å². The van der Waals surface area contributed by atoms with Crippen LogP contribution in [0.15, 0.2) is 0 Å². The van der Waals surface area contributed by atoms with Gasteiger partial charge in [0.05, 0.1) is 6.61 Å². The number of hydrogen-bond acceptors (Lipinski definition) is 3. The van der Waals surface area contributed by atoms with Gasteiger partial charge < -0.3 is 15.4 Å². The molecule has 0 amide bonds.